The van der Waals surface area contributed by atoms with Crippen molar-refractivity contribution in [1.29, 1.82) is 0 Å². The van der Waals surface area contributed by atoms with Crippen LogP contribution in [-0.4, -0.2) is 17.2 Å². The molecule has 36 heavy (non-hydrogen) atoms. The maximum absolute atomic E-state index is 12.4. The van der Waals surface area contributed by atoms with E-state index >= 15 is 0 Å². The molecular formula is C33H56O2S. The Balaban J connectivity index is 1.36. The van der Waals surface area contributed by atoms with Gasteiger partial charge in [0.05, 0.1) is 6.61 Å². The predicted octanol–water partition coefficient (Wildman–Crippen LogP) is 10.5. The molecule has 0 aromatic heterocycles. The van der Waals surface area contributed by atoms with Crippen molar-refractivity contribution in [3.63, 3.8) is 0 Å². The Morgan fingerprint density at radius 3 is 2.64 bits per heavy atom. The summed E-state index contributed by atoms with van der Waals surface area (Å²) in [6.45, 7) is 15.3. The van der Waals surface area contributed by atoms with Crippen LogP contribution in [0.3, 0.4) is 0 Å². The Labute approximate surface area is 227 Å². The minimum atomic E-state index is -0.0399. The third-order valence-electron chi connectivity index (χ3n) is 11.3. The quantitative estimate of drug-likeness (QED) is 0.164. The van der Waals surface area contributed by atoms with E-state index in [1.807, 2.05) is 0 Å². The first kappa shape index (κ1) is 28.6. The number of allylic oxidation sites excluding steroid dienone is 2. The molecule has 0 aromatic rings. The monoisotopic (exact) mass is 516 g/mol. The summed E-state index contributed by atoms with van der Waals surface area (Å²) in [5.41, 5.74) is 2.63. The van der Waals surface area contributed by atoms with E-state index < -0.39 is 0 Å². The first-order valence-corrected chi connectivity index (χ1v) is 16.6. The molecule has 0 N–H and O–H groups in total. The van der Waals surface area contributed by atoms with Gasteiger partial charge in [-0.3, -0.25) is 0 Å². The maximum atomic E-state index is 12.4. The average Bonchev–Trinajstić information content (AvgIpc) is 3.20. The number of hydrogen-bond acceptors (Lipinski definition) is 3. The number of rotatable bonds is 10. The number of ether oxygens (including phenoxy) is 1. The summed E-state index contributed by atoms with van der Waals surface area (Å²) in [5, 5.41) is 0.373. The van der Waals surface area contributed by atoms with Gasteiger partial charge >= 0.3 is 5.30 Å². The van der Waals surface area contributed by atoms with Crippen molar-refractivity contribution in [2.45, 2.75) is 137 Å². The highest BCUT2D eigenvalue weighted by molar-refractivity contribution is 8.13. The standard InChI is InChI=1S/C33H56O2S/c1-7-8-9-19-35-31(34)36-27-15-18-33(6)26(21-27)13-14-28-29(33)16-17-32(5)22-25(20-30(28)32)24(4)12-10-11-23(2)3/h13,23-25,27-30H,7-12,14-22H2,1-6H3. The Hall–Kier alpha value is -0.440. The molecule has 0 heterocycles. The fourth-order valence-electron chi connectivity index (χ4n) is 9.04. The van der Waals surface area contributed by atoms with E-state index in [9.17, 15) is 4.79 Å². The number of fused-ring (bicyclic) bond motifs is 5. The minimum Gasteiger partial charge on any atom is -0.458 e. The number of carbonyl (C=O) groups is 1. The van der Waals surface area contributed by atoms with Crippen LogP contribution >= 0.6 is 11.8 Å². The van der Waals surface area contributed by atoms with Gasteiger partial charge in [-0.05, 0) is 116 Å². The van der Waals surface area contributed by atoms with Crippen molar-refractivity contribution >= 4 is 17.1 Å². The summed E-state index contributed by atoms with van der Waals surface area (Å²) >= 11 is 1.49. The zero-order valence-corrected chi connectivity index (χ0v) is 25.3. The highest BCUT2D eigenvalue weighted by atomic mass is 32.2. The van der Waals surface area contributed by atoms with Gasteiger partial charge < -0.3 is 4.74 Å². The second-order valence-electron chi connectivity index (χ2n) is 14.2. The number of thioether (sulfide) groups is 1. The molecule has 4 aliphatic rings. The van der Waals surface area contributed by atoms with E-state index in [2.05, 4.69) is 47.6 Å². The second kappa shape index (κ2) is 12.2. The summed E-state index contributed by atoms with van der Waals surface area (Å²) in [6.07, 6.45) is 20.9. The molecule has 0 spiro atoms. The lowest BCUT2D eigenvalue weighted by Gasteiger charge is -2.57. The van der Waals surface area contributed by atoms with Gasteiger partial charge in [-0.25, -0.2) is 4.79 Å². The smallest absolute Gasteiger partial charge is 0.367 e. The Morgan fingerprint density at radius 2 is 1.89 bits per heavy atom. The minimum absolute atomic E-state index is 0.0399. The van der Waals surface area contributed by atoms with Crippen LogP contribution in [0, 0.1) is 46.3 Å². The second-order valence-corrected chi connectivity index (χ2v) is 15.5. The number of carbonyl (C=O) groups excluding carboxylic acids is 1. The molecule has 206 valence electrons. The summed E-state index contributed by atoms with van der Waals surface area (Å²) in [4.78, 5) is 12.4. The highest BCUT2D eigenvalue weighted by Gasteiger charge is 2.57. The summed E-state index contributed by atoms with van der Waals surface area (Å²) < 4.78 is 5.52. The van der Waals surface area contributed by atoms with Crippen LogP contribution in [0.4, 0.5) is 4.79 Å². The van der Waals surface area contributed by atoms with Gasteiger partial charge in [0, 0.05) is 5.25 Å². The van der Waals surface area contributed by atoms with Crippen LogP contribution in [0.1, 0.15) is 131 Å². The molecule has 0 radical (unpaired) electrons. The number of unbranched alkanes of at least 4 members (excludes halogenated alkanes) is 2. The zero-order chi connectivity index (χ0) is 25.9. The molecule has 8 atom stereocenters. The molecular weight excluding hydrogens is 460 g/mol. The lowest BCUT2D eigenvalue weighted by Crippen LogP contribution is -2.49. The molecule has 0 aromatic carbocycles. The van der Waals surface area contributed by atoms with Crippen LogP contribution in [0.5, 0.6) is 0 Å². The van der Waals surface area contributed by atoms with Gasteiger partial charge in [-0.15, -0.1) is 0 Å². The molecule has 0 aliphatic heterocycles. The molecule has 3 fully saturated rings. The van der Waals surface area contributed by atoms with Crippen molar-refractivity contribution in [2.24, 2.45) is 46.3 Å². The summed E-state index contributed by atoms with van der Waals surface area (Å²) in [5.74, 6) is 5.35. The molecule has 4 rings (SSSR count). The summed E-state index contributed by atoms with van der Waals surface area (Å²) in [7, 11) is 0. The molecule has 8 unspecified atom stereocenters. The van der Waals surface area contributed by atoms with Crippen LogP contribution < -0.4 is 0 Å². The Morgan fingerprint density at radius 1 is 1.08 bits per heavy atom. The first-order chi connectivity index (χ1) is 17.2. The van der Waals surface area contributed by atoms with E-state index in [1.165, 1.54) is 82.4 Å². The lowest BCUT2D eigenvalue weighted by molar-refractivity contribution is -0.0244. The fourth-order valence-corrected chi connectivity index (χ4v) is 9.96. The van der Waals surface area contributed by atoms with Gasteiger partial charge in [0.2, 0.25) is 0 Å². The van der Waals surface area contributed by atoms with Crippen molar-refractivity contribution < 1.29 is 9.53 Å². The Bertz CT molecular complexity index is 774. The van der Waals surface area contributed by atoms with E-state index in [1.54, 1.807) is 5.57 Å². The number of hydrogen-bond donors (Lipinski definition) is 0. The van der Waals surface area contributed by atoms with Crippen molar-refractivity contribution in [3.05, 3.63) is 11.6 Å². The molecule has 3 heteroatoms. The third kappa shape index (κ3) is 6.23. The van der Waals surface area contributed by atoms with Gasteiger partial charge in [-0.2, -0.15) is 0 Å². The van der Waals surface area contributed by atoms with E-state index in [0.717, 1.165) is 54.8 Å². The highest BCUT2D eigenvalue weighted by Crippen LogP contribution is 2.66. The maximum Gasteiger partial charge on any atom is 0.367 e. The molecule has 4 aliphatic carbocycles. The van der Waals surface area contributed by atoms with Crippen LogP contribution in [-0.2, 0) is 4.74 Å². The van der Waals surface area contributed by atoms with Gasteiger partial charge in [-0.1, -0.05) is 85.3 Å². The molecule has 3 saturated carbocycles. The summed E-state index contributed by atoms with van der Waals surface area (Å²) in [6, 6.07) is 0. The zero-order valence-electron chi connectivity index (χ0n) is 24.5. The van der Waals surface area contributed by atoms with Gasteiger partial charge in [0.1, 0.15) is 0 Å². The SMILES string of the molecule is CCCCCOC(=O)SC1CCC2(C)C(=CCC3C4CC(C(C)CCCC(C)C)CC4(C)CCC32)C1. The largest absolute Gasteiger partial charge is 0.458 e. The van der Waals surface area contributed by atoms with Crippen molar-refractivity contribution in [1.82, 2.24) is 0 Å². The lowest BCUT2D eigenvalue weighted by atomic mass is 9.48. The van der Waals surface area contributed by atoms with Crippen LogP contribution in [0.25, 0.3) is 0 Å². The van der Waals surface area contributed by atoms with Crippen molar-refractivity contribution in [3.8, 4) is 0 Å². The first-order valence-electron chi connectivity index (χ1n) is 15.7. The molecule has 0 saturated heterocycles. The van der Waals surface area contributed by atoms with E-state index in [0.29, 0.717) is 22.7 Å². The normalized spacial score (nSPS) is 38.6. The average molecular weight is 517 g/mol. The molecule has 0 amide bonds. The van der Waals surface area contributed by atoms with Crippen LogP contribution in [0.15, 0.2) is 11.6 Å². The predicted molar refractivity (Wildman–Crippen MR) is 155 cm³/mol. The van der Waals surface area contributed by atoms with Gasteiger partial charge in [0.25, 0.3) is 0 Å². The topological polar surface area (TPSA) is 26.3 Å². The van der Waals surface area contributed by atoms with Crippen LogP contribution in [0.2, 0.25) is 0 Å². The molecule has 0 bridgehead atoms. The Kier molecular flexibility index (Phi) is 9.65. The van der Waals surface area contributed by atoms with E-state index in [-0.39, 0.29) is 5.30 Å². The molecule has 2 nitrogen and oxygen atoms in total. The van der Waals surface area contributed by atoms with Gasteiger partial charge in [0.15, 0.2) is 0 Å². The van der Waals surface area contributed by atoms with Crippen molar-refractivity contribution in [2.75, 3.05) is 6.61 Å². The fraction of sp³-hybridized carbons (Fsp3) is 0.909. The third-order valence-corrected chi connectivity index (χ3v) is 12.4. The van der Waals surface area contributed by atoms with E-state index in [4.69, 9.17) is 4.74 Å².